The number of carbonyl (C=O) groups is 1. The molecule has 1 rings (SSSR count). The molecular weight excluding hydrogens is 204 g/mol. The maximum Gasteiger partial charge on any atom is 0.172 e. The van der Waals surface area contributed by atoms with Crippen molar-refractivity contribution in [1.82, 2.24) is 0 Å². The summed E-state index contributed by atoms with van der Waals surface area (Å²) in [7, 11) is 0. The summed E-state index contributed by atoms with van der Waals surface area (Å²) in [5, 5.41) is 0.629. The Balaban J connectivity index is 2.94. The van der Waals surface area contributed by atoms with E-state index in [0.717, 1.165) is 5.56 Å². The van der Waals surface area contributed by atoms with Crippen LogP contribution >= 0.6 is 23.4 Å². The van der Waals surface area contributed by atoms with Gasteiger partial charge >= 0.3 is 0 Å². The molecule has 0 aliphatic heterocycles. The van der Waals surface area contributed by atoms with Crippen LogP contribution in [-0.4, -0.2) is 17.8 Å². The first-order chi connectivity index (χ1) is 6.13. The molecule has 70 valence electrons. The van der Waals surface area contributed by atoms with Gasteiger partial charge in [-0.3, -0.25) is 4.79 Å². The Morgan fingerprint density at radius 3 is 2.69 bits per heavy atom. The largest absolute Gasteiger partial charge is 0.293 e. The topological polar surface area (TPSA) is 17.1 Å². The number of hydrogen-bond donors (Lipinski definition) is 0. The average molecular weight is 215 g/mol. The van der Waals surface area contributed by atoms with E-state index in [1.54, 1.807) is 6.07 Å². The van der Waals surface area contributed by atoms with E-state index in [1.807, 2.05) is 25.3 Å². The van der Waals surface area contributed by atoms with Crippen molar-refractivity contribution in [3.05, 3.63) is 34.3 Å². The molecule has 0 N–H and O–H groups in total. The van der Waals surface area contributed by atoms with Crippen LogP contribution in [0.1, 0.15) is 15.9 Å². The minimum absolute atomic E-state index is 0.137. The van der Waals surface area contributed by atoms with Gasteiger partial charge in [0.2, 0.25) is 0 Å². The van der Waals surface area contributed by atoms with Gasteiger partial charge in [-0.05, 0) is 36.9 Å². The lowest BCUT2D eigenvalue weighted by Gasteiger charge is -2.01. The molecule has 3 heteroatoms. The normalized spacial score (nSPS) is 10.1. The van der Waals surface area contributed by atoms with Gasteiger partial charge in [-0.15, -0.1) is 0 Å². The molecule has 0 saturated carbocycles. The summed E-state index contributed by atoms with van der Waals surface area (Å²) in [6, 6.07) is 5.43. The summed E-state index contributed by atoms with van der Waals surface area (Å²) in [6.07, 6.45) is 1.91. The van der Waals surface area contributed by atoms with Crippen molar-refractivity contribution in [2.45, 2.75) is 6.92 Å². The minimum Gasteiger partial charge on any atom is -0.293 e. The molecule has 0 saturated heterocycles. The van der Waals surface area contributed by atoms with Crippen LogP contribution < -0.4 is 0 Å². The highest BCUT2D eigenvalue weighted by molar-refractivity contribution is 7.99. The smallest absolute Gasteiger partial charge is 0.172 e. The third-order valence-electron chi connectivity index (χ3n) is 1.64. The van der Waals surface area contributed by atoms with E-state index in [2.05, 4.69) is 0 Å². The summed E-state index contributed by atoms with van der Waals surface area (Å²) >= 11 is 7.36. The van der Waals surface area contributed by atoms with E-state index < -0.39 is 0 Å². The molecule has 13 heavy (non-hydrogen) atoms. The second kappa shape index (κ2) is 4.68. The SMILES string of the molecule is CSCC(=O)c1cc(C)cc(Cl)c1. The lowest BCUT2D eigenvalue weighted by molar-refractivity contribution is 0.102. The van der Waals surface area contributed by atoms with Crippen molar-refractivity contribution in [3.63, 3.8) is 0 Å². The fraction of sp³-hybridized carbons (Fsp3) is 0.300. The maximum atomic E-state index is 11.5. The molecule has 1 aromatic carbocycles. The molecule has 0 atom stereocenters. The molecule has 0 aliphatic rings. The fourth-order valence-electron chi connectivity index (χ4n) is 1.11. The lowest BCUT2D eigenvalue weighted by Crippen LogP contribution is -2.02. The summed E-state index contributed by atoms with van der Waals surface area (Å²) < 4.78 is 0. The molecule has 0 unspecified atom stereocenters. The number of Topliss-reactive ketones (excluding diaryl/α,β-unsaturated/α-hetero) is 1. The van der Waals surface area contributed by atoms with Crippen molar-refractivity contribution in [2.24, 2.45) is 0 Å². The van der Waals surface area contributed by atoms with Crippen molar-refractivity contribution >= 4 is 29.1 Å². The van der Waals surface area contributed by atoms with Crippen LogP contribution in [0, 0.1) is 6.92 Å². The Labute approximate surface area is 87.5 Å². The second-order valence-corrected chi connectivity index (χ2v) is 4.18. The molecular formula is C10H11ClOS. The molecule has 1 aromatic rings. The summed E-state index contributed by atoms with van der Waals surface area (Å²) in [5.74, 6) is 0.651. The van der Waals surface area contributed by atoms with Gasteiger partial charge < -0.3 is 0 Å². The first-order valence-corrected chi connectivity index (χ1v) is 5.70. The first kappa shape index (κ1) is 10.6. The Morgan fingerprint density at radius 2 is 2.15 bits per heavy atom. The van der Waals surface area contributed by atoms with Crippen LogP contribution in [0.25, 0.3) is 0 Å². The van der Waals surface area contributed by atoms with Crippen LogP contribution in [-0.2, 0) is 0 Å². The molecule has 0 amide bonds. The molecule has 0 aromatic heterocycles. The van der Waals surface area contributed by atoms with Crippen LogP contribution in [0.4, 0.5) is 0 Å². The molecule has 0 spiro atoms. The standard InChI is InChI=1S/C10H11ClOS/c1-7-3-8(5-9(11)4-7)10(12)6-13-2/h3-5H,6H2,1-2H3. The van der Waals surface area contributed by atoms with E-state index in [-0.39, 0.29) is 5.78 Å². The van der Waals surface area contributed by atoms with Crippen LogP contribution in [0.5, 0.6) is 0 Å². The van der Waals surface area contributed by atoms with Crippen LogP contribution in [0.2, 0.25) is 5.02 Å². The van der Waals surface area contributed by atoms with Gasteiger partial charge in [0.05, 0.1) is 5.75 Å². The molecule has 0 radical (unpaired) electrons. The number of halogens is 1. The third-order valence-corrected chi connectivity index (χ3v) is 2.41. The minimum atomic E-state index is 0.137. The first-order valence-electron chi connectivity index (χ1n) is 3.93. The highest BCUT2D eigenvalue weighted by Crippen LogP contribution is 2.15. The van der Waals surface area contributed by atoms with E-state index >= 15 is 0 Å². The predicted octanol–water partition coefficient (Wildman–Crippen LogP) is 3.19. The summed E-state index contributed by atoms with van der Waals surface area (Å²) in [4.78, 5) is 11.5. The fourth-order valence-corrected chi connectivity index (χ4v) is 1.83. The van der Waals surface area contributed by atoms with Gasteiger partial charge in [0.1, 0.15) is 0 Å². The zero-order valence-corrected chi connectivity index (χ0v) is 9.21. The molecule has 1 nitrogen and oxygen atoms in total. The van der Waals surface area contributed by atoms with Gasteiger partial charge in [-0.25, -0.2) is 0 Å². The van der Waals surface area contributed by atoms with Crippen molar-refractivity contribution in [3.8, 4) is 0 Å². The average Bonchev–Trinajstić information content (AvgIpc) is 2.03. The number of benzene rings is 1. The van der Waals surface area contributed by atoms with Gasteiger partial charge in [-0.1, -0.05) is 11.6 Å². The number of rotatable bonds is 3. The number of aryl methyl sites for hydroxylation is 1. The van der Waals surface area contributed by atoms with E-state index in [9.17, 15) is 4.79 Å². The van der Waals surface area contributed by atoms with E-state index in [4.69, 9.17) is 11.6 Å². The van der Waals surface area contributed by atoms with Gasteiger partial charge in [0.15, 0.2) is 5.78 Å². The van der Waals surface area contributed by atoms with Crippen molar-refractivity contribution in [1.29, 1.82) is 0 Å². The Hall–Kier alpha value is -0.470. The van der Waals surface area contributed by atoms with E-state index in [1.165, 1.54) is 11.8 Å². The third kappa shape index (κ3) is 3.05. The highest BCUT2D eigenvalue weighted by Gasteiger charge is 2.05. The molecule has 0 bridgehead atoms. The number of ketones is 1. The van der Waals surface area contributed by atoms with E-state index in [0.29, 0.717) is 16.3 Å². The molecule has 0 aliphatic carbocycles. The molecule has 0 fully saturated rings. The van der Waals surface area contributed by atoms with Crippen LogP contribution in [0.15, 0.2) is 18.2 Å². The van der Waals surface area contributed by atoms with Crippen molar-refractivity contribution < 1.29 is 4.79 Å². The Morgan fingerprint density at radius 1 is 1.46 bits per heavy atom. The number of hydrogen-bond acceptors (Lipinski definition) is 2. The highest BCUT2D eigenvalue weighted by atomic mass is 35.5. The van der Waals surface area contributed by atoms with Gasteiger partial charge in [-0.2, -0.15) is 11.8 Å². The zero-order chi connectivity index (χ0) is 9.84. The second-order valence-electron chi connectivity index (χ2n) is 2.87. The number of thioether (sulfide) groups is 1. The predicted molar refractivity (Wildman–Crippen MR) is 58.9 cm³/mol. The summed E-state index contributed by atoms with van der Waals surface area (Å²) in [5.41, 5.74) is 1.73. The maximum absolute atomic E-state index is 11.5. The van der Waals surface area contributed by atoms with Crippen LogP contribution in [0.3, 0.4) is 0 Å². The van der Waals surface area contributed by atoms with Gasteiger partial charge in [0, 0.05) is 10.6 Å². The molecule has 0 heterocycles. The monoisotopic (exact) mass is 214 g/mol. The zero-order valence-electron chi connectivity index (χ0n) is 7.63. The Bertz CT molecular complexity index is 302. The van der Waals surface area contributed by atoms with Gasteiger partial charge in [0.25, 0.3) is 0 Å². The Kier molecular flexibility index (Phi) is 3.82. The lowest BCUT2D eigenvalue weighted by atomic mass is 10.1. The van der Waals surface area contributed by atoms with Crippen molar-refractivity contribution in [2.75, 3.05) is 12.0 Å². The quantitative estimate of drug-likeness (QED) is 0.719. The summed E-state index contributed by atoms with van der Waals surface area (Å²) in [6.45, 7) is 1.93. The number of carbonyl (C=O) groups excluding carboxylic acids is 1.